The van der Waals surface area contributed by atoms with Gasteiger partial charge in [-0.15, -0.1) is 0 Å². The number of hydrogen-bond acceptors (Lipinski definition) is 5. The first-order valence-corrected chi connectivity index (χ1v) is 14.8. The van der Waals surface area contributed by atoms with Crippen LogP contribution in [0.5, 0.6) is 0 Å². The number of aromatic nitrogens is 2. The molecular formula is C32H38N6O5. The van der Waals surface area contributed by atoms with E-state index in [4.69, 9.17) is 0 Å². The summed E-state index contributed by atoms with van der Waals surface area (Å²) < 4.78 is 2.97. The van der Waals surface area contributed by atoms with Gasteiger partial charge in [-0.2, -0.15) is 0 Å². The van der Waals surface area contributed by atoms with Crippen molar-refractivity contribution in [2.24, 2.45) is 5.92 Å². The Morgan fingerprint density at radius 2 is 1.79 bits per heavy atom. The van der Waals surface area contributed by atoms with Crippen LogP contribution < -0.4 is 27.2 Å². The van der Waals surface area contributed by atoms with Gasteiger partial charge in [0.15, 0.2) is 0 Å². The summed E-state index contributed by atoms with van der Waals surface area (Å²) in [6.45, 7) is 8.88. The van der Waals surface area contributed by atoms with Crippen LogP contribution in [-0.2, 0) is 17.9 Å². The van der Waals surface area contributed by atoms with E-state index in [2.05, 4.69) is 22.5 Å². The zero-order chi connectivity index (χ0) is 30.7. The summed E-state index contributed by atoms with van der Waals surface area (Å²) in [7, 11) is 0. The van der Waals surface area contributed by atoms with Crippen molar-refractivity contribution in [3.63, 3.8) is 0 Å². The molecule has 1 saturated carbocycles. The molecule has 1 aliphatic heterocycles. The SMILES string of the molecule is C=CC(=O)NCc1ccc(C(=O)N[C@@H]2CCCN(C(=O)Nc3ccc4c(c3)c(=O)n(CC3CC3)c(=O)n4C(C)C)C2)cc1. The maximum atomic E-state index is 13.3. The summed E-state index contributed by atoms with van der Waals surface area (Å²) in [6.07, 6.45) is 4.70. The lowest BCUT2D eigenvalue weighted by Crippen LogP contribution is -2.50. The van der Waals surface area contributed by atoms with E-state index in [0.717, 1.165) is 31.2 Å². The predicted octanol–water partition coefficient (Wildman–Crippen LogP) is 3.38. The average Bonchev–Trinajstić information content (AvgIpc) is 3.83. The van der Waals surface area contributed by atoms with Gasteiger partial charge >= 0.3 is 11.7 Å². The minimum Gasteiger partial charge on any atom is -0.348 e. The van der Waals surface area contributed by atoms with Gasteiger partial charge in [-0.25, -0.2) is 9.59 Å². The van der Waals surface area contributed by atoms with Gasteiger partial charge in [-0.1, -0.05) is 18.7 Å². The van der Waals surface area contributed by atoms with E-state index in [1.165, 1.54) is 10.6 Å². The van der Waals surface area contributed by atoms with Crippen molar-refractivity contribution in [3.05, 3.63) is 87.1 Å². The quantitative estimate of drug-likeness (QED) is 0.331. The summed E-state index contributed by atoms with van der Waals surface area (Å²) in [4.78, 5) is 65.6. The lowest BCUT2D eigenvalue weighted by atomic mass is 10.0. The molecule has 2 fully saturated rings. The minimum absolute atomic E-state index is 0.134. The van der Waals surface area contributed by atoms with E-state index >= 15 is 0 Å². The maximum absolute atomic E-state index is 13.3. The summed E-state index contributed by atoms with van der Waals surface area (Å²) in [5.41, 5.74) is 1.72. The second-order valence-corrected chi connectivity index (χ2v) is 11.6. The molecule has 4 amide bonds. The van der Waals surface area contributed by atoms with Crippen molar-refractivity contribution in [1.29, 1.82) is 0 Å². The zero-order valence-corrected chi connectivity index (χ0v) is 24.6. The number of rotatable bonds is 9. The number of carbonyl (C=O) groups is 3. The number of piperidine rings is 1. The molecule has 1 atom stereocenters. The Balaban J connectivity index is 1.24. The van der Waals surface area contributed by atoms with Crippen LogP contribution in [0, 0.1) is 5.92 Å². The molecule has 1 aliphatic carbocycles. The Labute approximate surface area is 249 Å². The third kappa shape index (κ3) is 6.87. The average molecular weight is 587 g/mol. The van der Waals surface area contributed by atoms with Crippen LogP contribution in [0.15, 0.2) is 64.7 Å². The fraction of sp³-hybridized carbons (Fsp3) is 0.406. The fourth-order valence-corrected chi connectivity index (χ4v) is 5.47. The van der Waals surface area contributed by atoms with Crippen molar-refractivity contribution in [2.75, 3.05) is 18.4 Å². The molecule has 0 radical (unpaired) electrons. The molecule has 0 spiro atoms. The van der Waals surface area contributed by atoms with Crippen LogP contribution in [0.3, 0.4) is 0 Å². The topological polar surface area (TPSA) is 135 Å². The van der Waals surface area contributed by atoms with E-state index in [9.17, 15) is 24.0 Å². The summed E-state index contributed by atoms with van der Waals surface area (Å²) in [6, 6.07) is 11.4. The van der Waals surface area contributed by atoms with Crippen molar-refractivity contribution in [1.82, 2.24) is 24.7 Å². The Hall–Kier alpha value is -4.67. The van der Waals surface area contributed by atoms with E-state index in [0.29, 0.717) is 54.3 Å². The van der Waals surface area contributed by atoms with Crippen molar-refractivity contribution in [3.8, 4) is 0 Å². The number of nitrogens with zero attached hydrogens (tertiary/aromatic N) is 3. The molecule has 2 aliphatic rings. The first kappa shape index (κ1) is 29.8. The van der Waals surface area contributed by atoms with E-state index in [-0.39, 0.29) is 41.2 Å². The molecule has 2 heterocycles. The highest BCUT2D eigenvalue weighted by molar-refractivity contribution is 5.95. The van der Waals surface area contributed by atoms with Crippen molar-refractivity contribution >= 4 is 34.4 Å². The number of urea groups is 1. The van der Waals surface area contributed by atoms with Gasteiger partial charge in [0.2, 0.25) is 5.91 Å². The molecule has 2 aromatic carbocycles. The second-order valence-electron chi connectivity index (χ2n) is 11.6. The second kappa shape index (κ2) is 12.7. The summed E-state index contributed by atoms with van der Waals surface area (Å²) >= 11 is 0. The van der Waals surface area contributed by atoms with Crippen LogP contribution >= 0.6 is 0 Å². The molecule has 43 heavy (non-hydrogen) atoms. The monoisotopic (exact) mass is 586 g/mol. The summed E-state index contributed by atoms with van der Waals surface area (Å²) in [5, 5.41) is 9.02. The van der Waals surface area contributed by atoms with Crippen LogP contribution in [0.2, 0.25) is 0 Å². The Bertz CT molecular complexity index is 1670. The third-order valence-electron chi connectivity index (χ3n) is 7.99. The zero-order valence-electron chi connectivity index (χ0n) is 24.6. The van der Waals surface area contributed by atoms with Gasteiger partial charge in [0.05, 0.1) is 10.9 Å². The first-order chi connectivity index (χ1) is 20.6. The molecule has 3 aromatic rings. The Kier molecular flexibility index (Phi) is 8.79. The molecule has 11 nitrogen and oxygen atoms in total. The number of carbonyl (C=O) groups excluding carboxylic acids is 3. The van der Waals surface area contributed by atoms with E-state index in [1.807, 2.05) is 13.8 Å². The maximum Gasteiger partial charge on any atom is 0.331 e. The standard InChI is InChI=1S/C32H38N6O5/c1-4-28(39)33-17-21-9-11-23(12-10-21)29(40)34-25-6-5-15-36(19-25)31(42)35-24-13-14-27-26(16-24)30(41)37(18-22-7-8-22)32(43)38(27)20(2)3/h4,9-14,16,20,22,25H,1,5-8,15,17-19H2,2-3H3,(H,33,39)(H,34,40)(H,35,42)/t25-/m1/s1. The van der Waals surface area contributed by atoms with Gasteiger partial charge in [0, 0.05) is 49.5 Å². The molecular weight excluding hydrogens is 548 g/mol. The number of nitrogens with one attached hydrogen (secondary N) is 3. The normalized spacial score (nSPS) is 16.6. The highest BCUT2D eigenvalue weighted by atomic mass is 16.2. The fourth-order valence-electron chi connectivity index (χ4n) is 5.47. The van der Waals surface area contributed by atoms with Gasteiger partial charge < -0.3 is 20.9 Å². The lowest BCUT2D eigenvalue weighted by molar-refractivity contribution is -0.116. The van der Waals surface area contributed by atoms with Crippen LogP contribution in [-0.4, -0.2) is 51.0 Å². The van der Waals surface area contributed by atoms with Gasteiger partial charge in [0.1, 0.15) is 0 Å². The lowest BCUT2D eigenvalue weighted by Gasteiger charge is -2.33. The number of fused-ring (bicyclic) bond motifs is 1. The molecule has 5 rings (SSSR count). The van der Waals surface area contributed by atoms with Crippen LogP contribution in [0.1, 0.15) is 61.5 Å². The highest BCUT2D eigenvalue weighted by Crippen LogP contribution is 2.30. The number of amides is 4. The largest absolute Gasteiger partial charge is 0.348 e. The number of likely N-dealkylation sites (tertiary alicyclic amines) is 1. The molecule has 0 bridgehead atoms. The number of anilines is 1. The van der Waals surface area contributed by atoms with Crippen molar-refractivity contribution in [2.45, 2.75) is 64.7 Å². The number of hydrogen-bond donors (Lipinski definition) is 3. The van der Waals surface area contributed by atoms with Gasteiger partial charge in [-0.3, -0.25) is 23.5 Å². The van der Waals surface area contributed by atoms with Crippen LogP contribution in [0.4, 0.5) is 10.5 Å². The smallest absolute Gasteiger partial charge is 0.331 e. The predicted molar refractivity (Wildman–Crippen MR) is 165 cm³/mol. The van der Waals surface area contributed by atoms with Crippen LogP contribution in [0.25, 0.3) is 10.9 Å². The molecule has 3 N–H and O–H groups in total. The Morgan fingerprint density at radius 1 is 1.05 bits per heavy atom. The highest BCUT2D eigenvalue weighted by Gasteiger charge is 2.27. The molecule has 226 valence electrons. The molecule has 1 saturated heterocycles. The molecule has 11 heteroatoms. The van der Waals surface area contributed by atoms with Crippen molar-refractivity contribution < 1.29 is 14.4 Å². The number of benzene rings is 2. The Morgan fingerprint density at radius 3 is 2.47 bits per heavy atom. The van der Waals surface area contributed by atoms with E-state index in [1.54, 1.807) is 51.9 Å². The molecule has 0 unspecified atom stereocenters. The van der Waals surface area contributed by atoms with Gasteiger partial charge in [-0.05, 0) is 87.4 Å². The minimum atomic E-state index is -0.338. The van der Waals surface area contributed by atoms with Gasteiger partial charge in [0.25, 0.3) is 11.5 Å². The first-order valence-electron chi connectivity index (χ1n) is 14.8. The third-order valence-corrected chi connectivity index (χ3v) is 7.99. The summed E-state index contributed by atoms with van der Waals surface area (Å²) in [5.74, 6) is -0.144. The molecule has 1 aromatic heterocycles. The van der Waals surface area contributed by atoms with E-state index < -0.39 is 0 Å².